The predicted molar refractivity (Wildman–Crippen MR) is 100 cm³/mol. The Morgan fingerprint density at radius 3 is 2.68 bits per heavy atom. The van der Waals surface area contributed by atoms with Gasteiger partial charge in [0.15, 0.2) is 5.16 Å². The largest absolute Gasteiger partial charge is 0.462 e. The molecule has 130 valence electrons. The number of ether oxygens (including phenoxy) is 1. The topological polar surface area (TPSA) is 57.0 Å². The quantitative estimate of drug-likeness (QED) is 0.463. The van der Waals surface area contributed by atoms with Crippen molar-refractivity contribution in [3.05, 3.63) is 58.5 Å². The zero-order chi connectivity index (χ0) is 17.6. The molecule has 0 unspecified atom stereocenters. The van der Waals surface area contributed by atoms with E-state index in [-0.39, 0.29) is 17.8 Å². The summed E-state index contributed by atoms with van der Waals surface area (Å²) in [4.78, 5) is 13.1. The minimum atomic E-state index is -0.248. The highest BCUT2D eigenvalue weighted by Gasteiger charge is 2.17. The summed E-state index contributed by atoms with van der Waals surface area (Å²) < 4.78 is 7.20. The first-order chi connectivity index (χ1) is 12.1. The lowest BCUT2D eigenvalue weighted by molar-refractivity contribution is -0.144. The molecule has 0 amide bonds. The van der Waals surface area contributed by atoms with Gasteiger partial charge in [-0.05, 0) is 37.4 Å². The molecule has 0 aliphatic carbocycles. The van der Waals surface area contributed by atoms with Crippen molar-refractivity contribution >= 4 is 29.1 Å². The summed E-state index contributed by atoms with van der Waals surface area (Å²) in [6, 6.07) is 14.1. The number of rotatable bonds is 7. The van der Waals surface area contributed by atoms with E-state index in [4.69, 9.17) is 4.74 Å². The summed E-state index contributed by atoms with van der Waals surface area (Å²) in [6.45, 7) is 3.68. The Bertz CT molecular complexity index is 814. The summed E-state index contributed by atoms with van der Waals surface area (Å²) in [5.74, 6) is 0.818. The number of thioether (sulfide) groups is 1. The fraction of sp³-hybridized carbons (Fsp3) is 0.278. The van der Waals surface area contributed by atoms with E-state index in [2.05, 4.69) is 21.6 Å². The lowest BCUT2D eigenvalue weighted by Crippen LogP contribution is -2.13. The van der Waals surface area contributed by atoms with Crippen LogP contribution >= 0.6 is 23.1 Å². The highest BCUT2D eigenvalue weighted by Crippen LogP contribution is 2.24. The van der Waals surface area contributed by atoms with Crippen molar-refractivity contribution in [1.82, 2.24) is 14.8 Å². The number of nitrogens with zero attached hydrogens (tertiary/aromatic N) is 3. The zero-order valence-electron chi connectivity index (χ0n) is 14.1. The van der Waals surface area contributed by atoms with Crippen molar-refractivity contribution in [3.63, 3.8) is 0 Å². The smallest absolute Gasteiger partial charge is 0.316 e. The molecular formula is C18H19N3O2S2. The summed E-state index contributed by atoms with van der Waals surface area (Å²) in [6.07, 6.45) is 0.589. The molecule has 1 aromatic carbocycles. The number of thiophene rings is 1. The van der Waals surface area contributed by atoms with Gasteiger partial charge in [-0.2, -0.15) is 0 Å². The molecule has 3 aromatic rings. The van der Waals surface area contributed by atoms with Gasteiger partial charge in [-0.25, -0.2) is 0 Å². The van der Waals surface area contributed by atoms with E-state index in [1.165, 1.54) is 16.6 Å². The lowest BCUT2D eigenvalue weighted by atomic mass is 10.3. The number of hydrogen-bond donors (Lipinski definition) is 0. The van der Waals surface area contributed by atoms with Gasteiger partial charge < -0.3 is 4.74 Å². The monoisotopic (exact) mass is 373 g/mol. The fourth-order valence-corrected chi connectivity index (χ4v) is 3.79. The van der Waals surface area contributed by atoms with Crippen LogP contribution in [0, 0.1) is 0 Å². The third kappa shape index (κ3) is 4.70. The highest BCUT2D eigenvalue weighted by molar-refractivity contribution is 7.99. The molecular weight excluding hydrogens is 354 g/mol. The van der Waals surface area contributed by atoms with Gasteiger partial charge >= 0.3 is 5.97 Å². The van der Waals surface area contributed by atoms with Crippen molar-refractivity contribution in [1.29, 1.82) is 0 Å². The number of carbonyl (C=O) groups is 1. The Labute approximate surface area is 155 Å². The van der Waals surface area contributed by atoms with Gasteiger partial charge in [-0.1, -0.05) is 36.0 Å². The Hall–Kier alpha value is -2.12. The normalized spacial score (nSPS) is 11.0. The van der Waals surface area contributed by atoms with Gasteiger partial charge in [0.05, 0.1) is 11.9 Å². The third-order valence-electron chi connectivity index (χ3n) is 3.31. The van der Waals surface area contributed by atoms with E-state index < -0.39 is 0 Å². The number of aromatic nitrogens is 3. The maximum Gasteiger partial charge on any atom is 0.316 e. The number of esters is 1. The minimum Gasteiger partial charge on any atom is -0.462 e. The number of hydrogen-bond acceptors (Lipinski definition) is 6. The van der Waals surface area contributed by atoms with E-state index >= 15 is 0 Å². The first-order valence-electron chi connectivity index (χ1n) is 7.98. The first-order valence-corrected chi connectivity index (χ1v) is 9.84. The van der Waals surface area contributed by atoms with E-state index in [9.17, 15) is 4.79 Å². The molecule has 0 aliphatic rings. The molecule has 0 radical (unpaired) electrons. The highest BCUT2D eigenvalue weighted by atomic mass is 32.2. The maximum atomic E-state index is 11.8. The van der Waals surface area contributed by atoms with Crippen LogP contribution in [0.3, 0.4) is 0 Å². The van der Waals surface area contributed by atoms with Crippen LogP contribution in [0.4, 0.5) is 0 Å². The van der Waals surface area contributed by atoms with Gasteiger partial charge in [-0.3, -0.25) is 9.36 Å². The van der Waals surface area contributed by atoms with Crippen LogP contribution in [0.1, 0.15) is 24.5 Å². The van der Waals surface area contributed by atoms with Crippen LogP contribution in [-0.2, 0) is 16.0 Å². The van der Waals surface area contributed by atoms with Crippen LogP contribution in [0.15, 0.2) is 53.0 Å². The fourth-order valence-electron chi connectivity index (χ4n) is 2.33. The second-order valence-corrected chi connectivity index (χ2v) is 7.63. The number of carbonyl (C=O) groups excluding carboxylic acids is 1. The first kappa shape index (κ1) is 17.7. The molecule has 2 heterocycles. The molecule has 0 spiro atoms. The molecule has 0 aliphatic heterocycles. The van der Waals surface area contributed by atoms with E-state index in [0.717, 1.165) is 11.5 Å². The Morgan fingerprint density at radius 1 is 1.20 bits per heavy atom. The van der Waals surface area contributed by atoms with Crippen LogP contribution in [-0.4, -0.2) is 32.6 Å². The maximum absolute atomic E-state index is 11.8. The molecule has 0 bridgehead atoms. The van der Waals surface area contributed by atoms with Crippen molar-refractivity contribution in [2.45, 2.75) is 31.5 Å². The number of benzene rings is 1. The van der Waals surface area contributed by atoms with Gasteiger partial charge in [-0.15, -0.1) is 21.5 Å². The molecule has 7 heteroatoms. The van der Waals surface area contributed by atoms with Crippen molar-refractivity contribution in [3.8, 4) is 5.69 Å². The lowest BCUT2D eigenvalue weighted by Gasteiger charge is -2.10. The van der Waals surface area contributed by atoms with Crippen molar-refractivity contribution in [2.24, 2.45) is 0 Å². The van der Waals surface area contributed by atoms with Gasteiger partial charge in [0.1, 0.15) is 5.82 Å². The Kier molecular flexibility index (Phi) is 5.88. The third-order valence-corrected chi connectivity index (χ3v) is 5.09. The molecule has 0 atom stereocenters. The summed E-state index contributed by atoms with van der Waals surface area (Å²) in [5, 5.41) is 11.4. The van der Waals surface area contributed by atoms with Crippen molar-refractivity contribution < 1.29 is 9.53 Å². The average Bonchev–Trinajstić information content (AvgIpc) is 3.23. The summed E-state index contributed by atoms with van der Waals surface area (Å²) >= 11 is 3.04. The van der Waals surface area contributed by atoms with E-state index in [0.29, 0.717) is 11.6 Å². The molecule has 5 nitrogen and oxygen atoms in total. The van der Waals surface area contributed by atoms with Gasteiger partial charge in [0, 0.05) is 17.0 Å². The number of para-hydroxylation sites is 1. The zero-order valence-corrected chi connectivity index (χ0v) is 15.7. The Morgan fingerprint density at radius 2 is 2.00 bits per heavy atom. The second kappa shape index (κ2) is 8.31. The summed E-state index contributed by atoms with van der Waals surface area (Å²) in [7, 11) is 0. The van der Waals surface area contributed by atoms with E-state index in [1.54, 1.807) is 11.3 Å². The standard InChI is InChI=1S/C18H19N3O2S2/c1-13(2)23-17(22)12-25-18-20-19-16(11-15-9-6-10-24-15)21(18)14-7-4-3-5-8-14/h3-10,13H,11-12H2,1-2H3. The minimum absolute atomic E-state index is 0.116. The second-order valence-electron chi connectivity index (χ2n) is 5.65. The SMILES string of the molecule is CC(C)OC(=O)CSc1nnc(Cc2cccs2)n1-c1ccccc1. The van der Waals surface area contributed by atoms with E-state index in [1.807, 2.05) is 54.8 Å². The molecule has 0 fully saturated rings. The molecule has 3 rings (SSSR count). The molecule has 0 N–H and O–H groups in total. The van der Waals surface area contributed by atoms with Crippen molar-refractivity contribution in [2.75, 3.05) is 5.75 Å². The van der Waals surface area contributed by atoms with Crippen LogP contribution in [0.2, 0.25) is 0 Å². The molecule has 0 saturated carbocycles. The average molecular weight is 374 g/mol. The van der Waals surface area contributed by atoms with Gasteiger partial charge in [0.2, 0.25) is 0 Å². The molecule has 25 heavy (non-hydrogen) atoms. The van der Waals surface area contributed by atoms with Crippen LogP contribution < -0.4 is 0 Å². The van der Waals surface area contributed by atoms with Gasteiger partial charge in [0.25, 0.3) is 0 Å². The predicted octanol–water partition coefficient (Wildman–Crippen LogP) is 3.96. The molecule has 2 aromatic heterocycles. The Balaban J connectivity index is 1.85. The molecule has 0 saturated heterocycles. The summed E-state index contributed by atoms with van der Waals surface area (Å²) in [5.41, 5.74) is 0.985. The van der Waals surface area contributed by atoms with Crippen LogP contribution in [0.5, 0.6) is 0 Å². The van der Waals surface area contributed by atoms with Crippen LogP contribution in [0.25, 0.3) is 5.69 Å².